The van der Waals surface area contributed by atoms with Crippen molar-refractivity contribution in [2.24, 2.45) is 5.73 Å². The first kappa shape index (κ1) is 28.5. The molecule has 0 spiro atoms. The summed E-state index contributed by atoms with van der Waals surface area (Å²) >= 11 is 0. The lowest BCUT2D eigenvalue weighted by Crippen LogP contribution is -2.54. The third kappa shape index (κ3) is 5.06. The van der Waals surface area contributed by atoms with E-state index in [2.05, 4.69) is 27.4 Å². The predicted molar refractivity (Wildman–Crippen MR) is 160 cm³/mol. The Morgan fingerprint density at radius 2 is 1.76 bits per heavy atom. The van der Waals surface area contributed by atoms with Gasteiger partial charge in [-0.05, 0) is 67.6 Å². The van der Waals surface area contributed by atoms with E-state index >= 15 is 4.39 Å². The smallest absolute Gasteiger partial charge is 0.262 e. The fourth-order valence-corrected chi connectivity index (χ4v) is 6.64. The molecule has 4 heterocycles. The minimum Gasteiger partial charge on any atom is -0.366 e. The number of fused-ring (bicyclic) bond motifs is 2. The van der Waals surface area contributed by atoms with E-state index < -0.39 is 41.4 Å². The summed E-state index contributed by atoms with van der Waals surface area (Å²) in [6, 6.07) is 14.8. The van der Waals surface area contributed by atoms with Gasteiger partial charge in [-0.1, -0.05) is 24.3 Å². The fourth-order valence-electron chi connectivity index (χ4n) is 6.64. The van der Waals surface area contributed by atoms with Gasteiger partial charge in [0.2, 0.25) is 11.8 Å². The van der Waals surface area contributed by atoms with E-state index in [4.69, 9.17) is 5.73 Å². The van der Waals surface area contributed by atoms with Crippen LogP contribution in [0, 0.1) is 5.82 Å². The maximum Gasteiger partial charge on any atom is 0.262 e. The highest BCUT2D eigenvalue weighted by molar-refractivity contribution is 6.23. The van der Waals surface area contributed by atoms with Crippen molar-refractivity contribution in [3.63, 3.8) is 0 Å². The van der Waals surface area contributed by atoms with Crippen LogP contribution in [0.5, 0.6) is 0 Å². The molecule has 45 heavy (non-hydrogen) atoms. The zero-order valence-corrected chi connectivity index (χ0v) is 24.2. The standard InChI is InChI=1S/C33H29FN6O5/c34-26-14-25-24(32(44)40(33(25)45)27-10-11-28(41)36-31(27)43)13-21(26)16-38-12-2-4-19(15-38)18-6-8-22(9-7-18)39-17-20-3-1-5-23(30(35)42)29(20)37-39/h1,3,5-9,13-14,17,19,27H,2,4,10-12,15-16H2,(H2,35,42)(H,36,41,43)/t19-,27?/m1/s1. The molecule has 0 radical (unpaired) electrons. The van der Waals surface area contributed by atoms with Gasteiger partial charge < -0.3 is 5.73 Å². The quantitative estimate of drug-likeness (QED) is 0.320. The first-order valence-corrected chi connectivity index (χ1v) is 14.8. The van der Waals surface area contributed by atoms with Gasteiger partial charge in [-0.2, -0.15) is 5.10 Å². The fraction of sp³-hybridized carbons (Fsp3) is 0.273. The Morgan fingerprint density at radius 1 is 1.00 bits per heavy atom. The monoisotopic (exact) mass is 608 g/mol. The predicted octanol–water partition coefficient (Wildman–Crippen LogP) is 3.04. The van der Waals surface area contributed by atoms with Crippen molar-refractivity contribution in [1.82, 2.24) is 24.9 Å². The van der Waals surface area contributed by atoms with E-state index in [9.17, 15) is 24.0 Å². The van der Waals surface area contributed by atoms with Gasteiger partial charge in [0.05, 0.1) is 22.4 Å². The van der Waals surface area contributed by atoms with Crippen molar-refractivity contribution in [3.05, 3.63) is 94.4 Å². The number of primary amides is 1. The van der Waals surface area contributed by atoms with Crippen LogP contribution in [0.4, 0.5) is 4.39 Å². The van der Waals surface area contributed by atoms with Crippen LogP contribution in [0.2, 0.25) is 0 Å². The Bertz CT molecular complexity index is 1920. The van der Waals surface area contributed by atoms with Crippen LogP contribution in [-0.2, 0) is 16.1 Å². The van der Waals surface area contributed by atoms with E-state index in [0.29, 0.717) is 23.2 Å². The van der Waals surface area contributed by atoms with Crippen LogP contribution in [-0.4, -0.2) is 68.2 Å². The summed E-state index contributed by atoms with van der Waals surface area (Å²) in [5.41, 5.74) is 8.70. The molecule has 2 atom stereocenters. The number of likely N-dealkylation sites (tertiary alicyclic amines) is 1. The molecule has 3 aromatic carbocycles. The van der Waals surface area contributed by atoms with Gasteiger partial charge in [0, 0.05) is 36.7 Å². The van der Waals surface area contributed by atoms with Crippen molar-refractivity contribution in [1.29, 1.82) is 0 Å². The number of carbonyl (C=O) groups is 5. The highest BCUT2D eigenvalue weighted by Gasteiger charge is 2.45. The van der Waals surface area contributed by atoms with Crippen LogP contribution >= 0.6 is 0 Å². The summed E-state index contributed by atoms with van der Waals surface area (Å²) in [4.78, 5) is 65.0. The molecule has 0 saturated carbocycles. The topological polar surface area (TPSA) is 148 Å². The Kier molecular flexibility index (Phi) is 7.00. The summed E-state index contributed by atoms with van der Waals surface area (Å²) in [6.45, 7) is 1.69. The molecular weight excluding hydrogens is 579 g/mol. The molecule has 4 aromatic rings. The number of imide groups is 2. The summed E-state index contributed by atoms with van der Waals surface area (Å²) in [5.74, 6) is -3.46. The van der Waals surface area contributed by atoms with Gasteiger partial charge in [-0.15, -0.1) is 0 Å². The Balaban J connectivity index is 1.06. The number of piperidine rings is 2. The molecule has 1 unspecified atom stereocenters. The Labute approximate surface area is 256 Å². The molecule has 5 amide bonds. The molecule has 12 heteroatoms. The number of nitrogens with one attached hydrogen (secondary N) is 1. The van der Waals surface area contributed by atoms with Gasteiger partial charge in [-0.25, -0.2) is 9.07 Å². The van der Waals surface area contributed by atoms with Gasteiger partial charge in [0.1, 0.15) is 17.4 Å². The highest BCUT2D eigenvalue weighted by atomic mass is 19.1. The number of aromatic nitrogens is 2. The number of amides is 5. The molecule has 0 aliphatic carbocycles. The number of nitrogens with two attached hydrogens (primary N) is 1. The van der Waals surface area contributed by atoms with Gasteiger partial charge >= 0.3 is 0 Å². The molecule has 11 nitrogen and oxygen atoms in total. The van der Waals surface area contributed by atoms with E-state index in [-0.39, 0.29) is 36.4 Å². The second-order valence-corrected chi connectivity index (χ2v) is 11.8. The first-order valence-electron chi connectivity index (χ1n) is 14.8. The number of nitrogens with zero attached hydrogens (tertiary/aromatic N) is 4. The number of hydrogen-bond acceptors (Lipinski definition) is 7. The summed E-state index contributed by atoms with van der Waals surface area (Å²) in [5, 5.41) is 7.56. The zero-order chi connectivity index (χ0) is 31.4. The van der Waals surface area contributed by atoms with Crippen LogP contribution in [0.3, 0.4) is 0 Å². The second kappa shape index (κ2) is 11.0. The minimum atomic E-state index is -1.10. The molecule has 2 saturated heterocycles. The van der Waals surface area contributed by atoms with Gasteiger partial charge in [-0.3, -0.25) is 39.1 Å². The average molecular weight is 609 g/mol. The zero-order valence-electron chi connectivity index (χ0n) is 24.2. The van der Waals surface area contributed by atoms with Crippen LogP contribution in [0.15, 0.2) is 60.8 Å². The average Bonchev–Trinajstić information content (AvgIpc) is 3.56. The number of halogens is 1. The van der Waals surface area contributed by atoms with Crippen molar-refractivity contribution < 1.29 is 28.4 Å². The normalized spacial score (nSPS) is 20.5. The van der Waals surface area contributed by atoms with E-state index in [0.717, 1.165) is 47.0 Å². The number of rotatable bonds is 6. The van der Waals surface area contributed by atoms with Gasteiger partial charge in [0.25, 0.3) is 17.7 Å². The summed E-state index contributed by atoms with van der Waals surface area (Å²) < 4.78 is 17.0. The molecule has 2 fully saturated rings. The number of carbonyl (C=O) groups excluding carboxylic acids is 5. The van der Waals surface area contributed by atoms with Crippen molar-refractivity contribution in [3.8, 4) is 5.69 Å². The number of benzene rings is 3. The number of hydrogen-bond donors (Lipinski definition) is 2. The minimum absolute atomic E-state index is 0.0143. The largest absolute Gasteiger partial charge is 0.366 e. The molecule has 7 rings (SSSR count). The molecule has 3 aliphatic heterocycles. The van der Waals surface area contributed by atoms with Crippen LogP contribution in [0.1, 0.15) is 73.8 Å². The van der Waals surface area contributed by atoms with E-state index in [1.807, 2.05) is 24.4 Å². The first-order chi connectivity index (χ1) is 21.7. The van der Waals surface area contributed by atoms with E-state index in [1.54, 1.807) is 16.8 Å². The summed E-state index contributed by atoms with van der Waals surface area (Å²) in [7, 11) is 0. The molecule has 228 valence electrons. The van der Waals surface area contributed by atoms with Crippen molar-refractivity contribution >= 4 is 40.4 Å². The molecule has 3 aliphatic rings. The Hall–Kier alpha value is -5.23. The van der Waals surface area contributed by atoms with Crippen LogP contribution < -0.4 is 11.1 Å². The molecule has 3 N–H and O–H groups in total. The maximum absolute atomic E-state index is 15.3. The molecule has 1 aromatic heterocycles. The van der Waals surface area contributed by atoms with Gasteiger partial charge in [0.15, 0.2) is 0 Å². The lowest BCUT2D eigenvalue weighted by atomic mass is 9.90. The molecule has 0 bridgehead atoms. The highest BCUT2D eigenvalue weighted by Crippen LogP contribution is 2.32. The lowest BCUT2D eigenvalue weighted by molar-refractivity contribution is -0.136. The summed E-state index contributed by atoms with van der Waals surface area (Å²) in [6.07, 6.45) is 3.77. The third-order valence-electron chi connectivity index (χ3n) is 8.94. The second-order valence-electron chi connectivity index (χ2n) is 11.8. The third-order valence-corrected chi connectivity index (χ3v) is 8.94. The molecular formula is C33H29FN6O5. The SMILES string of the molecule is NC(=O)c1cccc2cn(-c3ccc([C@@H]4CCCN(Cc5cc6c(cc5F)C(=O)N(C5CCC(=O)NC5=O)C6=O)C4)cc3)nc12. The van der Waals surface area contributed by atoms with E-state index in [1.165, 1.54) is 6.07 Å². The lowest BCUT2D eigenvalue weighted by Gasteiger charge is -2.33. The maximum atomic E-state index is 15.3. The van der Waals surface area contributed by atoms with Crippen LogP contribution in [0.25, 0.3) is 16.6 Å². The van der Waals surface area contributed by atoms with Crippen molar-refractivity contribution in [2.45, 2.75) is 44.2 Å². The Morgan fingerprint density at radius 3 is 2.49 bits per heavy atom. The van der Waals surface area contributed by atoms with Crippen molar-refractivity contribution in [2.75, 3.05) is 13.1 Å².